The smallest absolute Gasteiger partial charge is 0.0483 e. The van der Waals surface area contributed by atoms with E-state index in [1.807, 2.05) is 7.05 Å². The molecule has 0 aliphatic rings. The number of fused-ring (bicyclic) bond motifs is 1. The van der Waals surface area contributed by atoms with Crippen LogP contribution in [0, 0.1) is 5.92 Å². The molecular formula is C16H24N2. The molecule has 1 aromatic carbocycles. The zero-order valence-electron chi connectivity index (χ0n) is 11.7. The molecule has 0 amide bonds. The molecule has 18 heavy (non-hydrogen) atoms. The molecule has 2 nitrogen and oxygen atoms in total. The van der Waals surface area contributed by atoms with Gasteiger partial charge in [0.1, 0.15) is 0 Å². The van der Waals surface area contributed by atoms with Gasteiger partial charge in [0.25, 0.3) is 0 Å². The zero-order valence-corrected chi connectivity index (χ0v) is 11.7. The molecule has 1 N–H and O–H groups in total. The zero-order chi connectivity index (χ0) is 13.0. The second-order valence-corrected chi connectivity index (χ2v) is 5.29. The Morgan fingerprint density at radius 3 is 2.83 bits per heavy atom. The van der Waals surface area contributed by atoms with Gasteiger partial charge in [-0.25, -0.2) is 0 Å². The van der Waals surface area contributed by atoms with Crippen molar-refractivity contribution in [3.8, 4) is 0 Å². The maximum atomic E-state index is 3.21. The number of benzene rings is 1. The van der Waals surface area contributed by atoms with Crippen LogP contribution in [0.15, 0.2) is 30.5 Å². The Morgan fingerprint density at radius 1 is 1.28 bits per heavy atom. The first-order valence-electron chi connectivity index (χ1n) is 6.97. The molecule has 0 saturated carbocycles. The third-order valence-electron chi connectivity index (χ3n) is 3.51. The minimum Gasteiger partial charge on any atom is -0.347 e. The summed E-state index contributed by atoms with van der Waals surface area (Å²) in [5.41, 5.74) is 2.72. The molecule has 2 rings (SSSR count). The lowest BCUT2D eigenvalue weighted by atomic mass is 10.1. The fourth-order valence-electron chi connectivity index (χ4n) is 2.62. The summed E-state index contributed by atoms with van der Waals surface area (Å²) < 4.78 is 2.40. The third-order valence-corrected chi connectivity index (χ3v) is 3.51. The first kappa shape index (κ1) is 13.2. The molecule has 2 heteroatoms. The fraction of sp³-hybridized carbons (Fsp3) is 0.500. The molecule has 0 radical (unpaired) electrons. The number of nitrogens with zero attached hydrogens (tertiary/aromatic N) is 1. The molecule has 0 bridgehead atoms. The average molecular weight is 244 g/mol. The normalized spacial score (nSPS) is 13.1. The highest BCUT2D eigenvalue weighted by Gasteiger charge is 2.06. The van der Waals surface area contributed by atoms with Crippen LogP contribution in [0.2, 0.25) is 0 Å². The molecule has 0 spiro atoms. The van der Waals surface area contributed by atoms with E-state index in [-0.39, 0.29) is 0 Å². The summed E-state index contributed by atoms with van der Waals surface area (Å²) in [6.45, 7) is 6.66. The average Bonchev–Trinajstić information content (AvgIpc) is 2.73. The Labute approximate surface area is 110 Å². The van der Waals surface area contributed by atoms with Gasteiger partial charge in [0.2, 0.25) is 0 Å². The van der Waals surface area contributed by atoms with E-state index in [4.69, 9.17) is 0 Å². The first-order valence-corrected chi connectivity index (χ1v) is 6.97. The van der Waals surface area contributed by atoms with Crippen molar-refractivity contribution in [3.05, 3.63) is 36.0 Å². The van der Waals surface area contributed by atoms with Crippen molar-refractivity contribution >= 4 is 10.9 Å². The van der Waals surface area contributed by atoms with E-state index in [9.17, 15) is 0 Å². The van der Waals surface area contributed by atoms with Crippen molar-refractivity contribution < 1.29 is 0 Å². The number of aromatic nitrogens is 1. The minimum atomic E-state index is 0.749. The van der Waals surface area contributed by atoms with Gasteiger partial charge >= 0.3 is 0 Å². The van der Waals surface area contributed by atoms with Crippen molar-refractivity contribution in [2.45, 2.75) is 39.8 Å². The van der Waals surface area contributed by atoms with Gasteiger partial charge in [-0.1, -0.05) is 32.4 Å². The van der Waals surface area contributed by atoms with Crippen molar-refractivity contribution in [3.63, 3.8) is 0 Å². The van der Waals surface area contributed by atoms with Gasteiger partial charge in [-0.15, -0.1) is 0 Å². The number of nitrogens with one attached hydrogen (secondary N) is 1. The SMILES string of the molecule is CCCC(C)Cn1ccc2ccc(CNC)cc21. The van der Waals surface area contributed by atoms with Crippen LogP contribution in [-0.2, 0) is 13.1 Å². The fourth-order valence-corrected chi connectivity index (χ4v) is 2.62. The van der Waals surface area contributed by atoms with E-state index in [2.05, 4.69) is 54.2 Å². The molecular weight excluding hydrogens is 220 g/mol. The van der Waals surface area contributed by atoms with Crippen LogP contribution in [0.25, 0.3) is 10.9 Å². The van der Waals surface area contributed by atoms with E-state index in [0.717, 1.165) is 19.0 Å². The lowest BCUT2D eigenvalue weighted by Crippen LogP contribution is -2.07. The van der Waals surface area contributed by atoms with Gasteiger partial charge in [-0.05, 0) is 42.5 Å². The van der Waals surface area contributed by atoms with Crippen LogP contribution in [-0.4, -0.2) is 11.6 Å². The molecule has 1 unspecified atom stereocenters. The summed E-state index contributed by atoms with van der Waals surface area (Å²) in [5.74, 6) is 0.749. The van der Waals surface area contributed by atoms with Gasteiger partial charge in [0, 0.05) is 24.8 Å². The second-order valence-electron chi connectivity index (χ2n) is 5.29. The quantitative estimate of drug-likeness (QED) is 0.818. The van der Waals surface area contributed by atoms with Gasteiger partial charge in [-0.3, -0.25) is 0 Å². The van der Waals surface area contributed by atoms with Crippen molar-refractivity contribution in [2.75, 3.05) is 7.05 Å². The summed E-state index contributed by atoms with van der Waals surface area (Å²) in [6, 6.07) is 8.96. The maximum Gasteiger partial charge on any atom is 0.0483 e. The van der Waals surface area contributed by atoms with Crippen LogP contribution in [0.1, 0.15) is 32.3 Å². The van der Waals surface area contributed by atoms with Crippen molar-refractivity contribution in [1.82, 2.24) is 9.88 Å². The molecule has 0 fully saturated rings. The highest BCUT2D eigenvalue weighted by atomic mass is 15.0. The molecule has 0 aliphatic carbocycles. The summed E-state index contributed by atoms with van der Waals surface area (Å²) in [6.07, 6.45) is 4.79. The summed E-state index contributed by atoms with van der Waals surface area (Å²) in [7, 11) is 1.99. The van der Waals surface area contributed by atoms with Crippen LogP contribution in [0.4, 0.5) is 0 Å². The molecule has 0 saturated heterocycles. The number of hydrogen-bond donors (Lipinski definition) is 1. The summed E-state index contributed by atoms with van der Waals surface area (Å²) >= 11 is 0. The van der Waals surface area contributed by atoms with Crippen LogP contribution in [0.3, 0.4) is 0 Å². The number of hydrogen-bond acceptors (Lipinski definition) is 1. The Bertz CT molecular complexity index is 499. The lowest BCUT2D eigenvalue weighted by Gasteiger charge is -2.13. The highest BCUT2D eigenvalue weighted by molar-refractivity contribution is 5.80. The van der Waals surface area contributed by atoms with E-state index >= 15 is 0 Å². The molecule has 1 heterocycles. The van der Waals surface area contributed by atoms with Crippen LogP contribution in [0.5, 0.6) is 0 Å². The monoisotopic (exact) mass is 244 g/mol. The van der Waals surface area contributed by atoms with E-state index < -0.39 is 0 Å². The predicted octanol–water partition coefficient (Wildman–Crippen LogP) is 3.80. The standard InChI is InChI=1S/C16H24N2/c1-4-5-13(2)12-18-9-8-15-7-6-14(11-17-3)10-16(15)18/h6-10,13,17H,4-5,11-12H2,1-3H3. The van der Waals surface area contributed by atoms with E-state index in [1.165, 1.54) is 29.3 Å². The van der Waals surface area contributed by atoms with Crippen molar-refractivity contribution in [2.24, 2.45) is 5.92 Å². The van der Waals surface area contributed by atoms with Gasteiger partial charge in [-0.2, -0.15) is 0 Å². The number of rotatable bonds is 6. The maximum absolute atomic E-state index is 3.21. The Morgan fingerprint density at radius 2 is 2.11 bits per heavy atom. The molecule has 2 aromatic rings. The molecule has 0 aliphatic heterocycles. The molecule has 1 atom stereocenters. The van der Waals surface area contributed by atoms with E-state index in [1.54, 1.807) is 0 Å². The van der Waals surface area contributed by atoms with Gasteiger partial charge in [0.05, 0.1) is 0 Å². The Kier molecular flexibility index (Phi) is 4.43. The first-order chi connectivity index (χ1) is 8.74. The topological polar surface area (TPSA) is 17.0 Å². The van der Waals surface area contributed by atoms with Crippen molar-refractivity contribution in [1.29, 1.82) is 0 Å². The summed E-state index contributed by atoms with van der Waals surface area (Å²) in [5, 5.41) is 4.56. The largest absolute Gasteiger partial charge is 0.347 e. The van der Waals surface area contributed by atoms with Crippen LogP contribution < -0.4 is 5.32 Å². The minimum absolute atomic E-state index is 0.749. The predicted molar refractivity (Wildman–Crippen MR) is 78.8 cm³/mol. The third kappa shape index (κ3) is 2.94. The molecule has 1 aromatic heterocycles. The summed E-state index contributed by atoms with van der Waals surface area (Å²) in [4.78, 5) is 0. The Hall–Kier alpha value is -1.28. The molecule has 98 valence electrons. The van der Waals surface area contributed by atoms with Gasteiger partial charge < -0.3 is 9.88 Å². The lowest BCUT2D eigenvalue weighted by molar-refractivity contribution is 0.453. The van der Waals surface area contributed by atoms with Crippen LogP contribution >= 0.6 is 0 Å². The van der Waals surface area contributed by atoms with E-state index in [0.29, 0.717) is 0 Å². The van der Waals surface area contributed by atoms with Gasteiger partial charge in [0.15, 0.2) is 0 Å². The Balaban J connectivity index is 2.24. The second kappa shape index (κ2) is 6.05. The highest BCUT2D eigenvalue weighted by Crippen LogP contribution is 2.20.